The second-order valence-electron chi connectivity index (χ2n) is 5.43. The van der Waals surface area contributed by atoms with Crippen molar-refractivity contribution in [2.75, 3.05) is 31.5 Å². The zero-order valence-corrected chi connectivity index (χ0v) is 14.2. The molecular weight excluding hydrogens is 364 g/mol. The van der Waals surface area contributed by atoms with Crippen LogP contribution in [0.25, 0.3) is 0 Å². The number of carbonyl (C=O) groups is 2. The van der Waals surface area contributed by atoms with E-state index in [0.717, 1.165) is 4.47 Å². The Balaban J connectivity index is 1.59. The molecule has 0 radical (unpaired) electrons. The minimum Gasteiger partial charge on any atom is -0.391 e. The summed E-state index contributed by atoms with van der Waals surface area (Å²) in [5.74, 6) is -0.0966. The van der Waals surface area contributed by atoms with E-state index < -0.39 is 6.10 Å². The minimum absolute atomic E-state index is 0.0487. The lowest BCUT2D eigenvalue weighted by molar-refractivity contribution is -0.121. The number of urea groups is 1. The number of β-amino-alcohol motifs (C(OH)–C–C–N with tert-alkyl or cyclic N) is 1. The van der Waals surface area contributed by atoms with Crippen LogP contribution in [0.2, 0.25) is 0 Å². The summed E-state index contributed by atoms with van der Waals surface area (Å²) in [6.07, 6.45) is -0.214. The van der Waals surface area contributed by atoms with Gasteiger partial charge < -0.3 is 26.4 Å². The van der Waals surface area contributed by atoms with Gasteiger partial charge >= 0.3 is 6.03 Å². The molecule has 0 spiro atoms. The Morgan fingerprint density at radius 2 is 1.96 bits per heavy atom. The van der Waals surface area contributed by atoms with Crippen molar-refractivity contribution in [1.29, 1.82) is 0 Å². The average molecular weight is 385 g/mol. The zero-order valence-electron chi connectivity index (χ0n) is 12.6. The maximum Gasteiger partial charge on any atom is 0.319 e. The van der Waals surface area contributed by atoms with Gasteiger partial charge in [0, 0.05) is 48.7 Å². The quantitative estimate of drug-likeness (QED) is 0.497. The van der Waals surface area contributed by atoms with Gasteiger partial charge in [0.15, 0.2) is 0 Å². The largest absolute Gasteiger partial charge is 0.391 e. The molecule has 1 heterocycles. The molecule has 8 heteroatoms. The molecule has 1 aromatic rings. The summed E-state index contributed by atoms with van der Waals surface area (Å²) in [6, 6.07) is 6.86. The number of nitrogens with one attached hydrogen (secondary N) is 4. The van der Waals surface area contributed by atoms with Crippen LogP contribution < -0.4 is 21.3 Å². The van der Waals surface area contributed by atoms with Crippen molar-refractivity contribution in [1.82, 2.24) is 16.0 Å². The molecule has 5 N–H and O–H groups in total. The van der Waals surface area contributed by atoms with Crippen LogP contribution in [0.15, 0.2) is 28.7 Å². The molecule has 0 aliphatic carbocycles. The molecule has 0 aromatic heterocycles. The van der Waals surface area contributed by atoms with E-state index in [1.54, 1.807) is 12.1 Å². The Bertz CT molecular complexity index is 538. The fourth-order valence-electron chi connectivity index (χ4n) is 2.26. The first-order valence-electron chi connectivity index (χ1n) is 7.50. The number of amides is 3. The normalized spacial score (nSPS) is 20.1. The second kappa shape index (κ2) is 8.85. The average Bonchev–Trinajstić information content (AvgIpc) is 2.93. The minimum atomic E-state index is -0.412. The molecule has 1 saturated heterocycles. The first kappa shape index (κ1) is 17.7. The van der Waals surface area contributed by atoms with Crippen LogP contribution in [-0.2, 0) is 4.79 Å². The number of aliphatic hydroxyl groups excluding tert-OH is 1. The van der Waals surface area contributed by atoms with Crippen LogP contribution in [0.5, 0.6) is 0 Å². The predicted octanol–water partition coefficient (Wildman–Crippen LogP) is 0.657. The van der Waals surface area contributed by atoms with Gasteiger partial charge in [-0.2, -0.15) is 0 Å². The Morgan fingerprint density at radius 3 is 2.61 bits per heavy atom. The van der Waals surface area contributed by atoms with Crippen LogP contribution in [-0.4, -0.2) is 49.3 Å². The maximum atomic E-state index is 11.7. The van der Waals surface area contributed by atoms with E-state index in [1.807, 2.05) is 12.1 Å². The number of rotatable bonds is 6. The zero-order chi connectivity index (χ0) is 16.7. The summed E-state index contributed by atoms with van der Waals surface area (Å²) >= 11 is 3.32. The van der Waals surface area contributed by atoms with Crippen LogP contribution in [0.4, 0.5) is 10.5 Å². The van der Waals surface area contributed by atoms with Gasteiger partial charge in [0.25, 0.3) is 0 Å². The smallest absolute Gasteiger partial charge is 0.319 e. The van der Waals surface area contributed by atoms with E-state index >= 15 is 0 Å². The molecule has 1 fully saturated rings. The lowest BCUT2D eigenvalue weighted by Gasteiger charge is -2.14. The Labute approximate surface area is 143 Å². The summed E-state index contributed by atoms with van der Waals surface area (Å²) in [6.45, 7) is 1.96. The lowest BCUT2D eigenvalue weighted by Crippen LogP contribution is -2.37. The third-order valence-electron chi connectivity index (χ3n) is 3.61. The standard InChI is InChI=1S/C15H21BrN4O3/c16-11-1-3-12(4-2-11)20-15(23)18-6-5-14(22)19-8-10-7-17-9-13(10)21/h1-4,10,13,17,21H,5-9H2,(H,19,22)(H2,18,20,23). The Hall–Kier alpha value is -1.64. The molecule has 1 aromatic carbocycles. The van der Waals surface area contributed by atoms with Crippen LogP contribution in [0.3, 0.4) is 0 Å². The van der Waals surface area contributed by atoms with Crippen molar-refractivity contribution in [2.24, 2.45) is 5.92 Å². The van der Waals surface area contributed by atoms with Gasteiger partial charge in [-0.15, -0.1) is 0 Å². The molecule has 2 unspecified atom stereocenters. The molecule has 3 amide bonds. The molecule has 1 aliphatic heterocycles. The van der Waals surface area contributed by atoms with Gasteiger partial charge in [-0.1, -0.05) is 15.9 Å². The molecule has 2 rings (SSSR count). The molecule has 0 saturated carbocycles. The second-order valence-corrected chi connectivity index (χ2v) is 6.34. The van der Waals surface area contributed by atoms with Gasteiger partial charge in [-0.3, -0.25) is 4.79 Å². The molecule has 0 bridgehead atoms. The van der Waals surface area contributed by atoms with E-state index in [-0.39, 0.29) is 30.8 Å². The summed E-state index contributed by atoms with van der Waals surface area (Å²) in [4.78, 5) is 23.4. The fraction of sp³-hybridized carbons (Fsp3) is 0.467. The number of hydrogen-bond donors (Lipinski definition) is 5. The molecule has 23 heavy (non-hydrogen) atoms. The third kappa shape index (κ3) is 6.17. The third-order valence-corrected chi connectivity index (χ3v) is 4.13. The monoisotopic (exact) mass is 384 g/mol. The van der Waals surface area contributed by atoms with Crippen molar-refractivity contribution < 1.29 is 14.7 Å². The predicted molar refractivity (Wildman–Crippen MR) is 91.2 cm³/mol. The lowest BCUT2D eigenvalue weighted by atomic mass is 10.1. The number of benzene rings is 1. The first-order valence-corrected chi connectivity index (χ1v) is 8.30. The number of aliphatic hydroxyl groups is 1. The van der Waals surface area contributed by atoms with E-state index in [0.29, 0.717) is 25.3 Å². The summed E-state index contributed by atoms with van der Waals surface area (Å²) in [5.41, 5.74) is 0.679. The van der Waals surface area contributed by atoms with E-state index in [4.69, 9.17) is 0 Å². The highest BCUT2D eigenvalue weighted by atomic mass is 79.9. The number of halogens is 1. The SMILES string of the molecule is O=C(CCNC(=O)Nc1ccc(Br)cc1)NCC1CNCC1O. The molecule has 2 atom stereocenters. The van der Waals surface area contributed by atoms with Gasteiger partial charge in [-0.25, -0.2) is 4.79 Å². The van der Waals surface area contributed by atoms with Gasteiger partial charge in [0.1, 0.15) is 0 Å². The van der Waals surface area contributed by atoms with Crippen LogP contribution in [0, 0.1) is 5.92 Å². The number of carbonyl (C=O) groups excluding carboxylic acids is 2. The Morgan fingerprint density at radius 1 is 1.22 bits per heavy atom. The summed E-state index contributed by atoms with van der Waals surface area (Å²) < 4.78 is 0.933. The fourth-order valence-corrected chi connectivity index (χ4v) is 2.52. The Kier molecular flexibility index (Phi) is 6.82. The highest BCUT2D eigenvalue weighted by Crippen LogP contribution is 2.13. The first-order chi connectivity index (χ1) is 11.0. The topological polar surface area (TPSA) is 102 Å². The van der Waals surface area contributed by atoms with Gasteiger partial charge in [0.05, 0.1) is 6.10 Å². The van der Waals surface area contributed by atoms with Crippen molar-refractivity contribution in [3.8, 4) is 0 Å². The van der Waals surface area contributed by atoms with E-state index in [1.165, 1.54) is 0 Å². The maximum absolute atomic E-state index is 11.7. The van der Waals surface area contributed by atoms with Gasteiger partial charge in [0.2, 0.25) is 5.91 Å². The van der Waals surface area contributed by atoms with Crippen molar-refractivity contribution in [2.45, 2.75) is 12.5 Å². The van der Waals surface area contributed by atoms with Gasteiger partial charge in [-0.05, 0) is 24.3 Å². The molecule has 7 nitrogen and oxygen atoms in total. The highest BCUT2D eigenvalue weighted by Gasteiger charge is 2.24. The highest BCUT2D eigenvalue weighted by molar-refractivity contribution is 9.10. The summed E-state index contributed by atoms with van der Waals surface area (Å²) in [7, 11) is 0. The van der Waals surface area contributed by atoms with Crippen molar-refractivity contribution >= 4 is 33.6 Å². The van der Waals surface area contributed by atoms with Crippen LogP contribution in [0.1, 0.15) is 6.42 Å². The van der Waals surface area contributed by atoms with Crippen LogP contribution >= 0.6 is 15.9 Å². The molecular formula is C15H21BrN4O3. The number of hydrogen-bond acceptors (Lipinski definition) is 4. The van der Waals surface area contributed by atoms with Crippen molar-refractivity contribution in [3.63, 3.8) is 0 Å². The summed E-state index contributed by atoms with van der Waals surface area (Å²) in [5, 5.41) is 20.8. The van der Waals surface area contributed by atoms with Crippen molar-refractivity contribution in [3.05, 3.63) is 28.7 Å². The number of anilines is 1. The molecule has 126 valence electrons. The molecule has 1 aliphatic rings. The van der Waals surface area contributed by atoms with E-state index in [9.17, 15) is 14.7 Å². The van der Waals surface area contributed by atoms with E-state index in [2.05, 4.69) is 37.2 Å².